The Morgan fingerprint density at radius 3 is 2.73 bits per heavy atom. The predicted molar refractivity (Wildman–Crippen MR) is 117 cm³/mol. The molecule has 156 valence electrons. The molecule has 2 aliphatic rings. The number of nitrogens with zero attached hydrogens (tertiary/aromatic N) is 1. The first-order chi connectivity index (χ1) is 14.8. The van der Waals surface area contributed by atoms with Gasteiger partial charge in [0.15, 0.2) is 5.76 Å². The number of carbonyl (C=O) groups excluding carboxylic acids is 1. The fourth-order valence-corrected chi connectivity index (χ4v) is 4.77. The topological polar surface area (TPSA) is 54.7 Å². The third-order valence-electron chi connectivity index (χ3n) is 6.51. The van der Waals surface area contributed by atoms with E-state index >= 15 is 0 Å². The summed E-state index contributed by atoms with van der Waals surface area (Å²) in [6.45, 7) is 3.96. The van der Waals surface area contributed by atoms with Crippen LogP contribution in [0.1, 0.15) is 47.7 Å². The van der Waals surface area contributed by atoms with Crippen LogP contribution in [-0.4, -0.2) is 43.1 Å². The van der Waals surface area contributed by atoms with Gasteiger partial charge in [-0.15, -0.1) is 0 Å². The summed E-state index contributed by atoms with van der Waals surface area (Å²) in [4.78, 5) is 15.2. The number of hydrogen-bond acceptors (Lipinski definition) is 4. The number of nitrogens with one attached hydrogen (secondary N) is 1. The number of rotatable bonds is 5. The highest BCUT2D eigenvalue weighted by Gasteiger charge is 2.25. The molecule has 5 nitrogen and oxygen atoms in total. The van der Waals surface area contributed by atoms with E-state index < -0.39 is 0 Å². The maximum absolute atomic E-state index is 12.7. The Balaban J connectivity index is 1.12. The molecule has 0 radical (unpaired) electrons. The Hall–Kier alpha value is -2.79. The molecule has 0 aliphatic carbocycles. The smallest absolute Gasteiger partial charge is 0.287 e. The molecular weight excluding hydrogens is 376 g/mol. The minimum absolute atomic E-state index is 0.103. The molecular formula is C25H28N2O3. The first-order valence-corrected chi connectivity index (χ1v) is 11.0. The molecule has 3 aromatic rings. The van der Waals surface area contributed by atoms with Crippen LogP contribution >= 0.6 is 0 Å². The lowest BCUT2D eigenvalue weighted by molar-refractivity contribution is 0.0884. The van der Waals surface area contributed by atoms with Gasteiger partial charge in [-0.2, -0.15) is 0 Å². The number of benzene rings is 2. The van der Waals surface area contributed by atoms with E-state index in [2.05, 4.69) is 28.4 Å². The molecule has 0 bridgehead atoms. The van der Waals surface area contributed by atoms with E-state index in [0.717, 1.165) is 68.4 Å². The van der Waals surface area contributed by atoms with Gasteiger partial charge in [0.25, 0.3) is 5.91 Å². The van der Waals surface area contributed by atoms with Gasteiger partial charge < -0.3 is 19.4 Å². The minimum Gasteiger partial charge on any atom is -0.493 e. The second-order valence-electron chi connectivity index (χ2n) is 8.40. The SMILES string of the molecule is O=C(NC1CCN(CCC2CCOc3ccccc32)CC1)c1occ2ccccc12. The van der Waals surface area contributed by atoms with Gasteiger partial charge in [-0.3, -0.25) is 4.79 Å². The number of ether oxygens (including phenoxy) is 1. The Morgan fingerprint density at radius 1 is 1.03 bits per heavy atom. The summed E-state index contributed by atoms with van der Waals surface area (Å²) in [5, 5.41) is 5.02. The van der Waals surface area contributed by atoms with Crippen molar-refractivity contribution < 1.29 is 13.9 Å². The Labute approximate surface area is 177 Å². The van der Waals surface area contributed by atoms with Crippen molar-refractivity contribution in [3.8, 4) is 5.75 Å². The van der Waals surface area contributed by atoms with Crippen molar-refractivity contribution in [1.29, 1.82) is 0 Å². The normalized spacial score (nSPS) is 19.9. The number of piperidine rings is 1. The van der Waals surface area contributed by atoms with E-state index in [1.807, 2.05) is 30.3 Å². The quantitative estimate of drug-likeness (QED) is 0.676. The van der Waals surface area contributed by atoms with Crippen LogP contribution in [0.15, 0.2) is 59.2 Å². The number of carbonyl (C=O) groups is 1. The Morgan fingerprint density at radius 2 is 1.83 bits per heavy atom. The zero-order chi connectivity index (χ0) is 20.3. The van der Waals surface area contributed by atoms with Crippen molar-refractivity contribution in [1.82, 2.24) is 10.2 Å². The van der Waals surface area contributed by atoms with E-state index in [-0.39, 0.29) is 11.9 Å². The predicted octanol–water partition coefficient (Wildman–Crippen LogP) is 4.58. The van der Waals surface area contributed by atoms with Crippen LogP contribution in [0.2, 0.25) is 0 Å². The molecule has 2 aliphatic heterocycles. The molecule has 5 rings (SSSR count). The fourth-order valence-electron chi connectivity index (χ4n) is 4.77. The Bertz CT molecular complexity index is 1020. The maximum atomic E-state index is 12.7. The lowest BCUT2D eigenvalue weighted by Crippen LogP contribution is -2.45. The highest BCUT2D eigenvalue weighted by atomic mass is 16.5. The van der Waals surface area contributed by atoms with Crippen LogP contribution in [-0.2, 0) is 0 Å². The summed E-state index contributed by atoms with van der Waals surface area (Å²) >= 11 is 0. The van der Waals surface area contributed by atoms with Crippen molar-refractivity contribution >= 4 is 16.7 Å². The zero-order valence-electron chi connectivity index (χ0n) is 17.2. The van der Waals surface area contributed by atoms with Crippen LogP contribution in [0.3, 0.4) is 0 Å². The van der Waals surface area contributed by atoms with E-state index in [9.17, 15) is 4.79 Å². The van der Waals surface area contributed by atoms with Crippen molar-refractivity contribution in [2.24, 2.45) is 0 Å². The Kier molecular flexibility index (Phi) is 5.45. The van der Waals surface area contributed by atoms with E-state index in [1.165, 1.54) is 5.56 Å². The largest absolute Gasteiger partial charge is 0.493 e. The number of para-hydroxylation sites is 1. The van der Waals surface area contributed by atoms with Crippen LogP contribution in [0, 0.1) is 0 Å². The summed E-state index contributed by atoms with van der Waals surface area (Å²) in [6.07, 6.45) is 5.88. The highest BCUT2D eigenvalue weighted by Crippen LogP contribution is 2.35. The van der Waals surface area contributed by atoms with Crippen molar-refractivity contribution in [2.45, 2.75) is 37.6 Å². The van der Waals surface area contributed by atoms with Gasteiger partial charge in [0.05, 0.1) is 12.9 Å². The van der Waals surface area contributed by atoms with Crippen LogP contribution in [0.5, 0.6) is 5.75 Å². The van der Waals surface area contributed by atoms with Gasteiger partial charge in [0.2, 0.25) is 0 Å². The molecule has 5 heteroatoms. The fraction of sp³-hybridized carbons (Fsp3) is 0.400. The van der Waals surface area contributed by atoms with Gasteiger partial charge in [-0.25, -0.2) is 0 Å². The zero-order valence-corrected chi connectivity index (χ0v) is 17.2. The molecule has 1 fully saturated rings. The molecule has 1 saturated heterocycles. The van der Waals surface area contributed by atoms with Gasteiger partial charge in [0, 0.05) is 29.9 Å². The van der Waals surface area contributed by atoms with Crippen molar-refractivity contribution in [3.63, 3.8) is 0 Å². The summed E-state index contributed by atoms with van der Waals surface area (Å²) < 4.78 is 11.3. The molecule has 1 unspecified atom stereocenters. The minimum atomic E-state index is -0.103. The van der Waals surface area contributed by atoms with Gasteiger partial charge >= 0.3 is 0 Å². The summed E-state index contributed by atoms with van der Waals surface area (Å²) in [6, 6.07) is 16.4. The number of furan rings is 1. The van der Waals surface area contributed by atoms with Crippen LogP contribution in [0.4, 0.5) is 0 Å². The number of likely N-dealkylation sites (tertiary alicyclic amines) is 1. The molecule has 2 aromatic carbocycles. The summed E-state index contributed by atoms with van der Waals surface area (Å²) in [5.41, 5.74) is 1.36. The second-order valence-corrected chi connectivity index (χ2v) is 8.40. The summed E-state index contributed by atoms with van der Waals surface area (Å²) in [5.74, 6) is 1.96. The average Bonchev–Trinajstić information content (AvgIpc) is 3.23. The van der Waals surface area contributed by atoms with E-state index in [4.69, 9.17) is 9.15 Å². The highest BCUT2D eigenvalue weighted by molar-refractivity contribution is 6.04. The maximum Gasteiger partial charge on any atom is 0.287 e. The van der Waals surface area contributed by atoms with Gasteiger partial charge in [-0.1, -0.05) is 42.5 Å². The number of hydrogen-bond donors (Lipinski definition) is 1. The lowest BCUT2D eigenvalue weighted by Gasteiger charge is -2.34. The molecule has 1 amide bonds. The molecule has 0 spiro atoms. The van der Waals surface area contributed by atoms with Crippen molar-refractivity contribution in [2.75, 3.05) is 26.2 Å². The third-order valence-corrected chi connectivity index (χ3v) is 6.51. The van der Waals surface area contributed by atoms with Crippen LogP contribution < -0.4 is 10.1 Å². The monoisotopic (exact) mass is 404 g/mol. The third kappa shape index (κ3) is 3.94. The molecule has 1 atom stereocenters. The standard InChI is InChI=1S/C25H28N2O3/c28-25(24-22-7-2-1-5-19(22)17-30-24)26-20-10-14-27(15-11-20)13-9-18-12-16-29-23-8-4-3-6-21(18)23/h1-8,17-18,20H,9-16H2,(H,26,28). The first kappa shape index (κ1) is 19.2. The molecule has 1 N–H and O–H groups in total. The number of amides is 1. The molecule has 3 heterocycles. The first-order valence-electron chi connectivity index (χ1n) is 11.0. The average molecular weight is 405 g/mol. The van der Waals surface area contributed by atoms with Gasteiger partial charge in [0.1, 0.15) is 5.75 Å². The van der Waals surface area contributed by atoms with Gasteiger partial charge in [-0.05, 0) is 49.8 Å². The lowest BCUT2D eigenvalue weighted by atomic mass is 9.90. The van der Waals surface area contributed by atoms with Crippen LogP contribution in [0.25, 0.3) is 10.8 Å². The van der Waals surface area contributed by atoms with Crippen molar-refractivity contribution in [3.05, 3.63) is 66.1 Å². The summed E-state index contributed by atoms with van der Waals surface area (Å²) in [7, 11) is 0. The second kappa shape index (κ2) is 8.52. The molecule has 0 saturated carbocycles. The van der Waals surface area contributed by atoms with E-state index in [1.54, 1.807) is 6.26 Å². The number of fused-ring (bicyclic) bond motifs is 2. The van der Waals surface area contributed by atoms with E-state index in [0.29, 0.717) is 11.7 Å². The molecule has 1 aromatic heterocycles. The molecule has 30 heavy (non-hydrogen) atoms.